The predicted octanol–water partition coefficient (Wildman–Crippen LogP) is 3.89. The molecule has 1 aromatic carbocycles. The van der Waals surface area contributed by atoms with Gasteiger partial charge >= 0.3 is 5.97 Å². The summed E-state index contributed by atoms with van der Waals surface area (Å²) in [6.07, 6.45) is 8.03. The fourth-order valence-electron chi connectivity index (χ4n) is 6.27. The van der Waals surface area contributed by atoms with Crippen LogP contribution in [0.3, 0.4) is 0 Å². The Morgan fingerprint density at radius 1 is 1.09 bits per heavy atom. The number of hydrogen-bond acceptors (Lipinski definition) is 5. The average molecular weight is 462 g/mol. The molecule has 1 aliphatic carbocycles. The predicted molar refractivity (Wildman–Crippen MR) is 127 cm³/mol. The van der Waals surface area contributed by atoms with E-state index in [4.69, 9.17) is 0 Å². The number of carboxylic acid groups (broad SMARTS) is 1. The first-order chi connectivity index (χ1) is 16.5. The number of fused-ring (bicyclic) bond motifs is 1. The zero-order chi connectivity index (χ0) is 23.9. The lowest BCUT2D eigenvalue weighted by Crippen LogP contribution is -2.57. The summed E-state index contributed by atoms with van der Waals surface area (Å²) in [5.74, 6) is -3.42. The molecular formula is C27H31N3O4. The molecule has 1 saturated carbocycles. The molecule has 4 atom stereocenters. The van der Waals surface area contributed by atoms with E-state index in [1.165, 1.54) is 4.90 Å². The number of carbonyl (C=O) groups is 3. The van der Waals surface area contributed by atoms with Gasteiger partial charge in [-0.3, -0.25) is 24.7 Å². The molecule has 2 saturated heterocycles. The van der Waals surface area contributed by atoms with Gasteiger partial charge in [-0.05, 0) is 48.6 Å². The van der Waals surface area contributed by atoms with Crippen LogP contribution in [0.1, 0.15) is 62.7 Å². The Bertz CT molecular complexity index is 1080. The zero-order valence-electron chi connectivity index (χ0n) is 19.4. The molecule has 5 rings (SSSR count). The molecule has 2 amide bonds. The number of aryl methyl sites for hydroxylation is 1. The van der Waals surface area contributed by atoms with Gasteiger partial charge in [-0.1, -0.05) is 57.2 Å². The number of benzene rings is 1. The van der Waals surface area contributed by atoms with Crippen molar-refractivity contribution in [1.82, 2.24) is 10.3 Å². The van der Waals surface area contributed by atoms with E-state index in [1.54, 1.807) is 30.5 Å². The number of nitrogens with one attached hydrogen (secondary N) is 1. The van der Waals surface area contributed by atoms with Crippen molar-refractivity contribution in [2.24, 2.45) is 17.8 Å². The van der Waals surface area contributed by atoms with E-state index >= 15 is 0 Å². The number of carboxylic acids is 1. The van der Waals surface area contributed by atoms with Crippen LogP contribution < -0.4 is 10.2 Å². The summed E-state index contributed by atoms with van der Waals surface area (Å²) in [5.41, 5.74) is 0.694. The van der Waals surface area contributed by atoms with Gasteiger partial charge in [-0.25, -0.2) is 4.90 Å². The first kappa shape index (κ1) is 22.7. The van der Waals surface area contributed by atoms with Crippen LogP contribution in [-0.2, 0) is 20.8 Å². The third kappa shape index (κ3) is 3.63. The molecule has 3 aliphatic rings. The van der Waals surface area contributed by atoms with Crippen LogP contribution in [0, 0.1) is 17.8 Å². The summed E-state index contributed by atoms with van der Waals surface area (Å²) in [6.45, 7) is 2.04. The molecule has 3 fully saturated rings. The van der Waals surface area contributed by atoms with E-state index < -0.39 is 35.3 Å². The Kier molecular flexibility index (Phi) is 5.98. The quantitative estimate of drug-likeness (QED) is 0.633. The number of imide groups is 1. The van der Waals surface area contributed by atoms with Crippen molar-refractivity contribution in [2.45, 2.75) is 63.5 Å². The topological polar surface area (TPSA) is 99.6 Å². The number of aromatic nitrogens is 1. The standard InChI is InChI=1S/C27H31N3O4/c1-2-17-11-13-19(14-12-17)30-24(31)21-22(25(30)32)27(26(33)34,16-18-8-4-3-5-9-18)29-23(21)20-10-6-7-15-28-20/h6-7,10-15,18,21-23,29H,2-5,8-9,16H2,1H3,(H,33,34). The van der Waals surface area contributed by atoms with E-state index in [2.05, 4.69) is 10.3 Å². The van der Waals surface area contributed by atoms with E-state index in [0.717, 1.165) is 44.1 Å². The minimum absolute atomic E-state index is 0.210. The Balaban J connectivity index is 1.59. The molecule has 178 valence electrons. The van der Waals surface area contributed by atoms with Crippen LogP contribution >= 0.6 is 0 Å². The molecule has 34 heavy (non-hydrogen) atoms. The first-order valence-electron chi connectivity index (χ1n) is 12.3. The normalized spacial score (nSPS) is 29.4. The number of nitrogens with zero attached hydrogens (tertiary/aromatic N) is 2. The Hall–Kier alpha value is -3.06. The van der Waals surface area contributed by atoms with Gasteiger partial charge in [-0.15, -0.1) is 0 Å². The van der Waals surface area contributed by atoms with Crippen LogP contribution in [0.25, 0.3) is 0 Å². The third-order valence-corrected chi connectivity index (χ3v) is 7.98. The van der Waals surface area contributed by atoms with Crippen molar-refractivity contribution < 1.29 is 19.5 Å². The van der Waals surface area contributed by atoms with Crippen molar-refractivity contribution in [3.05, 3.63) is 59.9 Å². The van der Waals surface area contributed by atoms with Crippen molar-refractivity contribution in [3.63, 3.8) is 0 Å². The molecule has 3 heterocycles. The number of rotatable bonds is 6. The highest BCUT2D eigenvalue weighted by Crippen LogP contribution is 2.52. The van der Waals surface area contributed by atoms with Gasteiger partial charge in [0.05, 0.1) is 29.3 Å². The maximum atomic E-state index is 13.9. The molecule has 1 aromatic heterocycles. The minimum Gasteiger partial charge on any atom is -0.480 e. The van der Waals surface area contributed by atoms with Crippen molar-refractivity contribution in [1.29, 1.82) is 0 Å². The monoisotopic (exact) mass is 461 g/mol. The van der Waals surface area contributed by atoms with Gasteiger partial charge in [0.1, 0.15) is 5.54 Å². The lowest BCUT2D eigenvalue weighted by Gasteiger charge is -2.35. The van der Waals surface area contributed by atoms with Crippen molar-refractivity contribution in [2.75, 3.05) is 4.90 Å². The molecule has 4 unspecified atom stereocenters. The second-order valence-corrected chi connectivity index (χ2v) is 9.90. The lowest BCUT2D eigenvalue weighted by molar-refractivity contribution is -0.150. The molecule has 2 aliphatic heterocycles. The van der Waals surface area contributed by atoms with Crippen molar-refractivity contribution in [3.8, 4) is 0 Å². The largest absolute Gasteiger partial charge is 0.480 e. The Labute approximate surface area is 199 Å². The highest BCUT2D eigenvalue weighted by Gasteiger charge is 2.69. The fourth-order valence-corrected chi connectivity index (χ4v) is 6.27. The van der Waals surface area contributed by atoms with E-state index in [0.29, 0.717) is 17.8 Å². The smallest absolute Gasteiger partial charge is 0.324 e. The summed E-state index contributed by atoms with van der Waals surface area (Å²) in [6, 6.07) is 12.1. The summed E-state index contributed by atoms with van der Waals surface area (Å²) in [5, 5.41) is 13.9. The summed E-state index contributed by atoms with van der Waals surface area (Å²) in [4.78, 5) is 46.2. The molecule has 7 nitrogen and oxygen atoms in total. The minimum atomic E-state index is -1.50. The molecular weight excluding hydrogens is 430 g/mol. The highest BCUT2D eigenvalue weighted by atomic mass is 16.4. The van der Waals surface area contributed by atoms with Crippen LogP contribution in [0.15, 0.2) is 48.7 Å². The van der Waals surface area contributed by atoms with E-state index in [1.807, 2.05) is 25.1 Å². The lowest BCUT2D eigenvalue weighted by atomic mass is 9.72. The highest BCUT2D eigenvalue weighted by molar-refractivity contribution is 6.24. The first-order valence-corrected chi connectivity index (χ1v) is 12.3. The van der Waals surface area contributed by atoms with E-state index in [9.17, 15) is 19.5 Å². The number of amides is 2. The summed E-state index contributed by atoms with van der Waals surface area (Å²) in [7, 11) is 0. The maximum Gasteiger partial charge on any atom is 0.324 e. The fraction of sp³-hybridized carbons (Fsp3) is 0.481. The molecule has 0 spiro atoms. The number of pyridine rings is 1. The number of anilines is 1. The average Bonchev–Trinajstić information content (AvgIpc) is 3.34. The zero-order valence-corrected chi connectivity index (χ0v) is 19.4. The second-order valence-electron chi connectivity index (χ2n) is 9.90. The van der Waals surface area contributed by atoms with Crippen LogP contribution in [0.2, 0.25) is 0 Å². The summed E-state index contributed by atoms with van der Waals surface area (Å²) < 4.78 is 0. The van der Waals surface area contributed by atoms with Crippen LogP contribution in [0.4, 0.5) is 5.69 Å². The molecule has 0 bridgehead atoms. The molecule has 2 aromatic rings. The third-order valence-electron chi connectivity index (χ3n) is 7.98. The molecule has 0 radical (unpaired) electrons. The second kappa shape index (κ2) is 8.95. The number of hydrogen-bond donors (Lipinski definition) is 2. The summed E-state index contributed by atoms with van der Waals surface area (Å²) >= 11 is 0. The Morgan fingerprint density at radius 2 is 1.82 bits per heavy atom. The molecule has 2 N–H and O–H groups in total. The van der Waals surface area contributed by atoms with Gasteiger partial charge in [0.15, 0.2) is 0 Å². The van der Waals surface area contributed by atoms with Gasteiger partial charge in [-0.2, -0.15) is 0 Å². The van der Waals surface area contributed by atoms with Gasteiger partial charge in [0, 0.05) is 6.20 Å². The molecule has 7 heteroatoms. The number of carbonyl (C=O) groups excluding carboxylic acids is 2. The van der Waals surface area contributed by atoms with Crippen LogP contribution in [-0.4, -0.2) is 33.4 Å². The van der Waals surface area contributed by atoms with Crippen molar-refractivity contribution >= 4 is 23.5 Å². The van der Waals surface area contributed by atoms with Gasteiger partial charge in [0.2, 0.25) is 11.8 Å². The van der Waals surface area contributed by atoms with Gasteiger partial charge in [0.25, 0.3) is 0 Å². The Morgan fingerprint density at radius 3 is 2.44 bits per heavy atom. The number of aliphatic carboxylic acids is 1. The van der Waals surface area contributed by atoms with E-state index in [-0.39, 0.29) is 11.8 Å². The van der Waals surface area contributed by atoms with Crippen LogP contribution in [0.5, 0.6) is 0 Å². The van der Waals surface area contributed by atoms with Gasteiger partial charge < -0.3 is 5.11 Å². The SMILES string of the molecule is CCc1ccc(N2C(=O)C3C(c4ccccn4)NC(CC4CCCCC4)(C(=O)O)C3C2=O)cc1. The maximum absolute atomic E-state index is 13.9.